The van der Waals surface area contributed by atoms with E-state index in [1.54, 1.807) is 30.3 Å². The lowest BCUT2D eigenvalue weighted by molar-refractivity contribution is -0.116. The van der Waals surface area contributed by atoms with Crippen LogP contribution in [-0.2, 0) is 27.8 Å². The van der Waals surface area contributed by atoms with Gasteiger partial charge in [-0.15, -0.1) is 0 Å². The Bertz CT molecular complexity index is 1310. The molecular formula is C25H25BrCl2N2O3S. The number of rotatable bonds is 8. The van der Waals surface area contributed by atoms with Gasteiger partial charge in [0.05, 0.1) is 11.4 Å². The van der Waals surface area contributed by atoms with Gasteiger partial charge in [-0.3, -0.25) is 4.79 Å². The molecule has 0 aliphatic rings. The van der Waals surface area contributed by atoms with Crippen LogP contribution in [0.1, 0.15) is 29.2 Å². The predicted octanol–water partition coefficient (Wildman–Crippen LogP) is 6.76. The number of anilines is 1. The zero-order chi connectivity index (χ0) is 25.0. The summed E-state index contributed by atoms with van der Waals surface area (Å²) < 4.78 is 29.1. The van der Waals surface area contributed by atoms with Crippen LogP contribution in [-0.4, -0.2) is 25.2 Å². The first-order chi connectivity index (χ1) is 16.0. The highest BCUT2D eigenvalue weighted by atomic mass is 79.9. The summed E-state index contributed by atoms with van der Waals surface area (Å²) in [6.45, 7) is 5.30. The highest BCUT2D eigenvalue weighted by Gasteiger charge is 2.28. The Morgan fingerprint density at radius 1 is 1.00 bits per heavy atom. The first kappa shape index (κ1) is 26.7. The molecule has 1 amide bonds. The van der Waals surface area contributed by atoms with Gasteiger partial charge in [-0.05, 0) is 73.4 Å². The number of carbonyl (C=O) groups excluding carboxylic acids is 1. The van der Waals surface area contributed by atoms with E-state index in [9.17, 15) is 13.2 Å². The van der Waals surface area contributed by atoms with Crippen LogP contribution >= 0.6 is 39.1 Å². The van der Waals surface area contributed by atoms with Crippen molar-refractivity contribution in [2.45, 2.75) is 38.6 Å². The Morgan fingerprint density at radius 2 is 1.68 bits per heavy atom. The Morgan fingerprint density at radius 3 is 2.29 bits per heavy atom. The molecule has 180 valence electrons. The first-order valence-corrected chi connectivity index (χ1v) is 13.6. The van der Waals surface area contributed by atoms with E-state index in [0.717, 1.165) is 25.5 Å². The Balaban J connectivity index is 1.95. The third-order valence-electron chi connectivity index (χ3n) is 5.37. The van der Waals surface area contributed by atoms with Gasteiger partial charge in [0.15, 0.2) is 0 Å². The van der Waals surface area contributed by atoms with Crippen LogP contribution in [0.3, 0.4) is 0 Å². The molecule has 1 N–H and O–H groups in total. The summed E-state index contributed by atoms with van der Waals surface area (Å²) in [5, 5.41) is 3.68. The standard InChI is InChI=1S/C25H25BrCl2N2O3S/c1-4-18-12-20(26)11-17(3)25(18)29-24(31)15-30(14-19-7-8-21(27)13-23(19)28)34(32,33)22-9-5-16(2)6-10-22/h5-13H,4,14-15H2,1-3H3,(H,29,31). The molecule has 0 saturated carbocycles. The lowest BCUT2D eigenvalue weighted by Crippen LogP contribution is -2.37. The Labute approximate surface area is 219 Å². The summed E-state index contributed by atoms with van der Waals surface area (Å²) in [5.74, 6) is -0.444. The highest BCUT2D eigenvalue weighted by molar-refractivity contribution is 9.10. The van der Waals surface area contributed by atoms with E-state index in [1.807, 2.05) is 32.9 Å². The van der Waals surface area contributed by atoms with Crippen molar-refractivity contribution in [3.63, 3.8) is 0 Å². The van der Waals surface area contributed by atoms with Gasteiger partial charge < -0.3 is 5.32 Å². The monoisotopic (exact) mass is 582 g/mol. The number of aryl methyl sites for hydroxylation is 3. The van der Waals surface area contributed by atoms with Gasteiger partial charge in [0.2, 0.25) is 15.9 Å². The second kappa shape index (κ2) is 11.2. The van der Waals surface area contributed by atoms with Gasteiger partial charge in [0.25, 0.3) is 0 Å². The van der Waals surface area contributed by atoms with Crippen molar-refractivity contribution in [1.82, 2.24) is 4.31 Å². The summed E-state index contributed by atoms with van der Waals surface area (Å²) in [6, 6.07) is 15.2. The number of hydrogen-bond donors (Lipinski definition) is 1. The van der Waals surface area contributed by atoms with E-state index < -0.39 is 15.9 Å². The molecule has 3 rings (SSSR count). The molecule has 0 atom stereocenters. The molecule has 0 unspecified atom stereocenters. The minimum Gasteiger partial charge on any atom is -0.324 e. The van der Waals surface area contributed by atoms with Crippen molar-refractivity contribution in [3.05, 3.63) is 91.4 Å². The molecule has 0 bridgehead atoms. The van der Waals surface area contributed by atoms with E-state index in [2.05, 4.69) is 21.2 Å². The van der Waals surface area contributed by atoms with Crippen LogP contribution in [0.15, 0.2) is 64.0 Å². The molecule has 0 saturated heterocycles. The maximum atomic E-state index is 13.5. The van der Waals surface area contributed by atoms with Crippen LogP contribution in [0.2, 0.25) is 10.0 Å². The third kappa shape index (κ3) is 6.40. The molecule has 3 aromatic rings. The lowest BCUT2D eigenvalue weighted by atomic mass is 10.1. The molecule has 0 fully saturated rings. The van der Waals surface area contributed by atoms with E-state index in [0.29, 0.717) is 27.7 Å². The van der Waals surface area contributed by atoms with E-state index in [4.69, 9.17) is 23.2 Å². The molecule has 34 heavy (non-hydrogen) atoms. The smallest absolute Gasteiger partial charge is 0.243 e. The van der Waals surface area contributed by atoms with E-state index in [1.165, 1.54) is 12.1 Å². The molecule has 0 spiro atoms. The predicted molar refractivity (Wildman–Crippen MR) is 142 cm³/mol. The minimum absolute atomic E-state index is 0.0837. The van der Waals surface area contributed by atoms with Gasteiger partial charge in [0, 0.05) is 26.8 Å². The quantitative estimate of drug-likeness (QED) is 0.318. The average molecular weight is 584 g/mol. The molecule has 9 heteroatoms. The lowest BCUT2D eigenvalue weighted by Gasteiger charge is -2.23. The van der Waals surface area contributed by atoms with Crippen LogP contribution in [0.5, 0.6) is 0 Å². The van der Waals surface area contributed by atoms with Crippen molar-refractivity contribution >= 4 is 60.7 Å². The highest BCUT2D eigenvalue weighted by Crippen LogP contribution is 2.28. The maximum absolute atomic E-state index is 13.5. The molecule has 3 aromatic carbocycles. The van der Waals surface area contributed by atoms with Crippen LogP contribution in [0, 0.1) is 13.8 Å². The fourth-order valence-corrected chi connectivity index (χ4v) is 6.00. The number of nitrogens with one attached hydrogen (secondary N) is 1. The molecule has 0 radical (unpaired) electrons. The molecule has 0 heterocycles. The number of sulfonamides is 1. The second-order valence-corrected chi connectivity index (χ2v) is 11.7. The zero-order valence-electron chi connectivity index (χ0n) is 19.0. The van der Waals surface area contributed by atoms with Crippen LogP contribution in [0.4, 0.5) is 5.69 Å². The van der Waals surface area contributed by atoms with Crippen molar-refractivity contribution < 1.29 is 13.2 Å². The molecule has 5 nitrogen and oxygen atoms in total. The number of nitrogens with zero attached hydrogens (tertiary/aromatic N) is 1. The molecular weight excluding hydrogens is 559 g/mol. The maximum Gasteiger partial charge on any atom is 0.243 e. The van der Waals surface area contributed by atoms with Gasteiger partial charge in [-0.1, -0.05) is 69.8 Å². The van der Waals surface area contributed by atoms with Crippen molar-refractivity contribution in [2.75, 3.05) is 11.9 Å². The number of amides is 1. The molecule has 0 aliphatic heterocycles. The van der Waals surface area contributed by atoms with Gasteiger partial charge in [-0.2, -0.15) is 4.31 Å². The summed E-state index contributed by atoms with van der Waals surface area (Å²) >= 11 is 15.8. The van der Waals surface area contributed by atoms with Crippen molar-refractivity contribution in [3.8, 4) is 0 Å². The number of halogens is 3. The van der Waals surface area contributed by atoms with Crippen LogP contribution < -0.4 is 5.32 Å². The SMILES string of the molecule is CCc1cc(Br)cc(C)c1NC(=O)CN(Cc1ccc(Cl)cc1Cl)S(=O)(=O)c1ccc(C)cc1. The fourth-order valence-electron chi connectivity index (χ4n) is 3.53. The third-order valence-corrected chi connectivity index (χ3v) is 8.22. The van der Waals surface area contributed by atoms with Crippen molar-refractivity contribution in [1.29, 1.82) is 0 Å². The first-order valence-electron chi connectivity index (χ1n) is 10.6. The fraction of sp³-hybridized carbons (Fsp3) is 0.240. The molecule has 0 aromatic heterocycles. The number of hydrogen-bond acceptors (Lipinski definition) is 3. The summed E-state index contributed by atoms with van der Waals surface area (Å²) in [7, 11) is -3.99. The topological polar surface area (TPSA) is 66.5 Å². The van der Waals surface area contributed by atoms with Gasteiger partial charge in [0.1, 0.15) is 0 Å². The van der Waals surface area contributed by atoms with E-state index >= 15 is 0 Å². The minimum atomic E-state index is -3.99. The largest absolute Gasteiger partial charge is 0.324 e. The summed E-state index contributed by atoms with van der Waals surface area (Å²) in [6.07, 6.45) is 0.710. The van der Waals surface area contributed by atoms with Crippen molar-refractivity contribution in [2.24, 2.45) is 0 Å². The Kier molecular flexibility index (Phi) is 8.82. The van der Waals surface area contributed by atoms with Gasteiger partial charge >= 0.3 is 0 Å². The normalized spacial score (nSPS) is 11.6. The number of carbonyl (C=O) groups is 1. The Hall–Kier alpha value is -1.90. The van der Waals surface area contributed by atoms with Gasteiger partial charge in [-0.25, -0.2) is 8.42 Å². The zero-order valence-corrected chi connectivity index (χ0v) is 22.9. The summed E-state index contributed by atoms with van der Waals surface area (Å²) in [4.78, 5) is 13.2. The van der Waals surface area contributed by atoms with E-state index in [-0.39, 0.29) is 18.0 Å². The molecule has 0 aliphatic carbocycles. The summed E-state index contributed by atoms with van der Waals surface area (Å²) in [5.41, 5.74) is 4.00. The average Bonchev–Trinajstić information content (AvgIpc) is 2.76. The second-order valence-electron chi connectivity index (χ2n) is 7.98. The number of benzene rings is 3. The van der Waals surface area contributed by atoms with Crippen LogP contribution in [0.25, 0.3) is 0 Å².